The van der Waals surface area contributed by atoms with E-state index < -0.39 is 0 Å². The SMILES string of the molecule is CCOc1ccc(C(C#N)NCCC(C)C)cc1OCC. The second-order valence-electron chi connectivity index (χ2n) is 5.27. The van der Waals surface area contributed by atoms with Gasteiger partial charge in [0.25, 0.3) is 0 Å². The van der Waals surface area contributed by atoms with Crippen LogP contribution in [0.15, 0.2) is 18.2 Å². The normalized spacial score (nSPS) is 12.0. The molecule has 0 spiro atoms. The Kier molecular flexibility index (Phi) is 7.63. The van der Waals surface area contributed by atoms with Gasteiger partial charge in [-0.1, -0.05) is 19.9 Å². The molecule has 1 unspecified atom stereocenters. The zero-order valence-corrected chi connectivity index (χ0v) is 13.5. The Morgan fingerprint density at radius 1 is 1.14 bits per heavy atom. The average molecular weight is 290 g/mol. The summed E-state index contributed by atoms with van der Waals surface area (Å²) < 4.78 is 11.1. The van der Waals surface area contributed by atoms with Crippen molar-refractivity contribution in [1.82, 2.24) is 5.32 Å². The number of nitriles is 1. The van der Waals surface area contributed by atoms with Gasteiger partial charge in [-0.2, -0.15) is 5.26 Å². The standard InChI is InChI=1S/C17H26N2O2/c1-5-20-16-8-7-14(11-17(16)21-6-2)15(12-18)19-10-9-13(3)4/h7-8,11,13,15,19H,5-6,9-10H2,1-4H3. The van der Waals surface area contributed by atoms with Gasteiger partial charge in [-0.15, -0.1) is 0 Å². The molecule has 116 valence electrons. The lowest BCUT2D eigenvalue weighted by molar-refractivity contribution is 0.287. The molecule has 4 heteroatoms. The molecule has 21 heavy (non-hydrogen) atoms. The summed E-state index contributed by atoms with van der Waals surface area (Å²) >= 11 is 0. The molecule has 0 amide bonds. The van der Waals surface area contributed by atoms with Crippen LogP contribution in [0, 0.1) is 17.2 Å². The van der Waals surface area contributed by atoms with Crippen molar-refractivity contribution in [2.45, 2.75) is 40.2 Å². The minimum atomic E-state index is -0.321. The Balaban J connectivity index is 2.84. The van der Waals surface area contributed by atoms with Crippen molar-refractivity contribution >= 4 is 0 Å². The predicted octanol–water partition coefficient (Wildman–Crippen LogP) is 3.68. The van der Waals surface area contributed by atoms with Gasteiger partial charge in [0.1, 0.15) is 6.04 Å². The highest BCUT2D eigenvalue weighted by atomic mass is 16.5. The van der Waals surface area contributed by atoms with E-state index in [0.29, 0.717) is 24.9 Å². The van der Waals surface area contributed by atoms with Gasteiger partial charge in [-0.25, -0.2) is 0 Å². The first-order valence-corrected chi connectivity index (χ1v) is 7.64. The quantitative estimate of drug-likeness (QED) is 0.753. The molecule has 1 rings (SSSR count). The fourth-order valence-corrected chi connectivity index (χ4v) is 2.00. The lowest BCUT2D eigenvalue weighted by atomic mass is 10.1. The number of ether oxygens (including phenoxy) is 2. The molecule has 0 fully saturated rings. The van der Waals surface area contributed by atoms with Crippen molar-refractivity contribution < 1.29 is 9.47 Å². The predicted molar refractivity (Wildman–Crippen MR) is 84.6 cm³/mol. The molecule has 0 aliphatic heterocycles. The molecule has 0 aromatic heterocycles. The van der Waals surface area contributed by atoms with E-state index in [-0.39, 0.29) is 6.04 Å². The Labute approximate surface area is 128 Å². The van der Waals surface area contributed by atoms with Crippen LogP contribution < -0.4 is 14.8 Å². The largest absolute Gasteiger partial charge is 0.490 e. The second kappa shape index (κ2) is 9.25. The second-order valence-corrected chi connectivity index (χ2v) is 5.27. The number of hydrogen-bond donors (Lipinski definition) is 1. The van der Waals surface area contributed by atoms with Crippen molar-refractivity contribution in [2.75, 3.05) is 19.8 Å². The van der Waals surface area contributed by atoms with Crippen LogP contribution in [-0.4, -0.2) is 19.8 Å². The van der Waals surface area contributed by atoms with Gasteiger partial charge in [0.15, 0.2) is 11.5 Å². The fourth-order valence-electron chi connectivity index (χ4n) is 2.00. The van der Waals surface area contributed by atoms with E-state index in [9.17, 15) is 5.26 Å². The van der Waals surface area contributed by atoms with Crippen LogP contribution in [0.2, 0.25) is 0 Å². The van der Waals surface area contributed by atoms with Crippen LogP contribution >= 0.6 is 0 Å². The molecular formula is C17H26N2O2. The summed E-state index contributed by atoms with van der Waals surface area (Å²) in [6.45, 7) is 10.2. The first kappa shape index (κ1) is 17.3. The van der Waals surface area contributed by atoms with E-state index in [1.54, 1.807) is 0 Å². The molecule has 1 atom stereocenters. The third-order valence-corrected chi connectivity index (χ3v) is 3.10. The first-order chi connectivity index (χ1) is 10.1. The van der Waals surface area contributed by atoms with Gasteiger partial charge >= 0.3 is 0 Å². The maximum Gasteiger partial charge on any atom is 0.161 e. The fraction of sp³-hybridized carbons (Fsp3) is 0.588. The highest BCUT2D eigenvalue weighted by Gasteiger charge is 2.14. The van der Waals surface area contributed by atoms with Crippen LogP contribution in [0.3, 0.4) is 0 Å². The topological polar surface area (TPSA) is 54.3 Å². The summed E-state index contributed by atoms with van der Waals surface area (Å²) in [4.78, 5) is 0. The molecule has 0 saturated carbocycles. The van der Waals surface area contributed by atoms with E-state index in [1.807, 2.05) is 32.0 Å². The van der Waals surface area contributed by atoms with E-state index in [1.165, 1.54) is 0 Å². The monoisotopic (exact) mass is 290 g/mol. The lowest BCUT2D eigenvalue weighted by Gasteiger charge is -2.16. The molecule has 1 aromatic rings. The number of hydrogen-bond acceptors (Lipinski definition) is 4. The first-order valence-electron chi connectivity index (χ1n) is 7.64. The number of benzene rings is 1. The molecule has 0 aliphatic carbocycles. The number of nitrogens with zero attached hydrogens (tertiary/aromatic N) is 1. The van der Waals surface area contributed by atoms with Crippen LogP contribution in [0.4, 0.5) is 0 Å². The van der Waals surface area contributed by atoms with Gasteiger partial charge in [0, 0.05) is 0 Å². The summed E-state index contributed by atoms with van der Waals surface area (Å²) in [5, 5.41) is 12.6. The van der Waals surface area contributed by atoms with Gasteiger partial charge in [-0.05, 0) is 50.4 Å². The molecule has 1 N–H and O–H groups in total. The summed E-state index contributed by atoms with van der Waals surface area (Å²) in [6, 6.07) is 7.67. The molecule has 0 aliphatic rings. The van der Waals surface area contributed by atoms with Crippen molar-refractivity contribution in [1.29, 1.82) is 5.26 Å². The molecule has 0 heterocycles. The van der Waals surface area contributed by atoms with Crippen molar-refractivity contribution in [2.24, 2.45) is 5.92 Å². The van der Waals surface area contributed by atoms with Gasteiger partial charge < -0.3 is 9.47 Å². The minimum Gasteiger partial charge on any atom is -0.490 e. The van der Waals surface area contributed by atoms with Gasteiger partial charge in [0.05, 0.1) is 19.3 Å². The average Bonchev–Trinajstić information content (AvgIpc) is 2.46. The molecular weight excluding hydrogens is 264 g/mol. The van der Waals surface area contributed by atoms with E-state index in [0.717, 1.165) is 24.3 Å². The van der Waals surface area contributed by atoms with Gasteiger partial charge in [0.2, 0.25) is 0 Å². The summed E-state index contributed by atoms with van der Waals surface area (Å²) in [6.07, 6.45) is 1.05. The maximum atomic E-state index is 9.35. The Morgan fingerprint density at radius 2 is 1.81 bits per heavy atom. The van der Waals surface area contributed by atoms with E-state index in [2.05, 4.69) is 25.2 Å². The zero-order valence-electron chi connectivity index (χ0n) is 13.5. The van der Waals surface area contributed by atoms with Crippen LogP contribution in [-0.2, 0) is 0 Å². The van der Waals surface area contributed by atoms with Crippen LogP contribution in [0.5, 0.6) is 11.5 Å². The Hall–Kier alpha value is -1.73. The molecule has 0 radical (unpaired) electrons. The number of rotatable bonds is 9. The molecule has 1 aromatic carbocycles. The van der Waals surface area contributed by atoms with Crippen molar-refractivity contribution in [3.8, 4) is 17.6 Å². The lowest BCUT2D eigenvalue weighted by Crippen LogP contribution is -2.22. The maximum absolute atomic E-state index is 9.35. The van der Waals surface area contributed by atoms with Crippen LogP contribution in [0.25, 0.3) is 0 Å². The molecule has 0 bridgehead atoms. The Morgan fingerprint density at radius 3 is 2.38 bits per heavy atom. The third kappa shape index (κ3) is 5.65. The highest BCUT2D eigenvalue weighted by Crippen LogP contribution is 2.30. The van der Waals surface area contributed by atoms with Gasteiger partial charge in [-0.3, -0.25) is 5.32 Å². The minimum absolute atomic E-state index is 0.321. The van der Waals surface area contributed by atoms with Crippen LogP contribution in [0.1, 0.15) is 45.7 Å². The summed E-state index contributed by atoms with van der Waals surface area (Å²) in [5.74, 6) is 2.04. The molecule has 4 nitrogen and oxygen atoms in total. The zero-order chi connectivity index (χ0) is 15.7. The number of nitrogens with one attached hydrogen (secondary N) is 1. The summed E-state index contributed by atoms with van der Waals surface area (Å²) in [5.41, 5.74) is 0.910. The summed E-state index contributed by atoms with van der Waals surface area (Å²) in [7, 11) is 0. The van der Waals surface area contributed by atoms with Crippen molar-refractivity contribution in [3.05, 3.63) is 23.8 Å². The van der Waals surface area contributed by atoms with E-state index >= 15 is 0 Å². The highest BCUT2D eigenvalue weighted by molar-refractivity contribution is 5.44. The molecule has 0 saturated heterocycles. The Bertz CT molecular complexity index is 466. The smallest absolute Gasteiger partial charge is 0.161 e. The third-order valence-electron chi connectivity index (χ3n) is 3.10. The van der Waals surface area contributed by atoms with E-state index in [4.69, 9.17) is 9.47 Å². The van der Waals surface area contributed by atoms with Crippen molar-refractivity contribution in [3.63, 3.8) is 0 Å².